The third-order valence-electron chi connectivity index (χ3n) is 7.32. The molecule has 0 saturated heterocycles. The normalized spacial score (nSPS) is 12.2. The zero-order chi connectivity index (χ0) is 32.5. The Morgan fingerprint density at radius 1 is 0.822 bits per heavy atom. The van der Waals surface area contributed by atoms with Crippen molar-refractivity contribution in [2.75, 3.05) is 0 Å². The maximum atomic E-state index is 13.4. The SMILES string of the molecule is CCc1nc2c(OC(=O)C(F)(F)F)cc(C(c3ccc(Cl)cc3)c3ccc(Cl)cc3)cc2n1CCc1ccc(C(F)(F)F)cc1. The maximum Gasteiger partial charge on any atom is 0.491 e. The van der Waals surface area contributed by atoms with Crippen LogP contribution < -0.4 is 4.74 Å². The van der Waals surface area contributed by atoms with Crippen molar-refractivity contribution < 1.29 is 35.9 Å². The van der Waals surface area contributed by atoms with E-state index in [9.17, 15) is 31.1 Å². The zero-order valence-electron chi connectivity index (χ0n) is 23.5. The lowest BCUT2D eigenvalue weighted by atomic mass is 9.85. The molecule has 1 aromatic heterocycles. The Balaban J connectivity index is 1.66. The van der Waals surface area contributed by atoms with Crippen LogP contribution in [0.15, 0.2) is 84.9 Å². The fourth-order valence-corrected chi connectivity index (χ4v) is 5.42. The van der Waals surface area contributed by atoms with Gasteiger partial charge in [-0.15, -0.1) is 0 Å². The number of hydrogen-bond acceptors (Lipinski definition) is 3. The van der Waals surface area contributed by atoms with Crippen molar-refractivity contribution in [3.05, 3.63) is 129 Å². The van der Waals surface area contributed by atoms with E-state index in [0.717, 1.165) is 23.3 Å². The highest BCUT2D eigenvalue weighted by Gasteiger charge is 2.42. The van der Waals surface area contributed by atoms with E-state index in [2.05, 4.69) is 4.98 Å². The molecule has 0 radical (unpaired) electrons. The summed E-state index contributed by atoms with van der Waals surface area (Å²) in [4.78, 5) is 16.6. The minimum absolute atomic E-state index is 0.0478. The number of ether oxygens (including phenoxy) is 1. The molecule has 4 aromatic carbocycles. The number of esters is 1. The lowest BCUT2D eigenvalue weighted by Crippen LogP contribution is -2.28. The van der Waals surface area contributed by atoms with Crippen LogP contribution in [0.5, 0.6) is 5.75 Å². The second-order valence-corrected chi connectivity index (χ2v) is 11.2. The van der Waals surface area contributed by atoms with E-state index in [4.69, 9.17) is 27.9 Å². The first-order chi connectivity index (χ1) is 21.2. The van der Waals surface area contributed by atoms with Gasteiger partial charge in [0.25, 0.3) is 0 Å². The summed E-state index contributed by atoms with van der Waals surface area (Å²) in [6, 6.07) is 21.8. The number of carbonyl (C=O) groups is 1. The number of aryl methyl sites for hydroxylation is 3. The molecule has 234 valence electrons. The number of rotatable bonds is 8. The van der Waals surface area contributed by atoms with Crippen molar-refractivity contribution in [1.29, 1.82) is 0 Å². The summed E-state index contributed by atoms with van der Waals surface area (Å²) in [6.45, 7) is 2.05. The summed E-state index contributed by atoms with van der Waals surface area (Å²) in [5, 5.41) is 0.968. The first-order valence-electron chi connectivity index (χ1n) is 13.7. The number of nitrogens with zero attached hydrogens (tertiary/aromatic N) is 2. The average Bonchev–Trinajstić information content (AvgIpc) is 3.35. The molecule has 0 aliphatic rings. The molecular formula is C33H24Cl2F6N2O2. The quantitative estimate of drug-likeness (QED) is 0.0718. The highest BCUT2D eigenvalue weighted by Crippen LogP contribution is 2.39. The number of imidazole rings is 1. The molecule has 0 atom stereocenters. The fourth-order valence-electron chi connectivity index (χ4n) is 5.17. The predicted molar refractivity (Wildman–Crippen MR) is 160 cm³/mol. The maximum absolute atomic E-state index is 13.4. The summed E-state index contributed by atoms with van der Waals surface area (Å²) in [6.07, 6.45) is -9.05. The van der Waals surface area contributed by atoms with Gasteiger partial charge in [0.2, 0.25) is 0 Å². The summed E-state index contributed by atoms with van der Waals surface area (Å²) in [7, 11) is 0. The van der Waals surface area contributed by atoms with Crippen LogP contribution in [-0.2, 0) is 30.4 Å². The number of halogens is 8. The van der Waals surface area contributed by atoms with Crippen molar-refractivity contribution >= 4 is 40.2 Å². The number of aromatic nitrogens is 2. The molecular weight excluding hydrogens is 641 g/mol. The van der Waals surface area contributed by atoms with Gasteiger partial charge in [-0.3, -0.25) is 0 Å². The van der Waals surface area contributed by atoms with Gasteiger partial charge in [-0.2, -0.15) is 26.3 Å². The average molecular weight is 665 g/mol. The van der Waals surface area contributed by atoms with Crippen LogP contribution in [0.3, 0.4) is 0 Å². The van der Waals surface area contributed by atoms with E-state index < -0.39 is 29.8 Å². The second kappa shape index (κ2) is 12.8. The Bertz CT molecular complexity index is 1770. The number of benzene rings is 4. The predicted octanol–water partition coefficient (Wildman–Crippen LogP) is 9.81. The van der Waals surface area contributed by atoms with Crippen LogP contribution in [0.25, 0.3) is 11.0 Å². The third-order valence-corrected chi connectivity index (χ3v) is 7.82. The minimum Gasteiger partial charge on any atom is -0.417 e. The molecule has 0 N–H and O–H groups in total. The fraction of sp³-hybridized carbons (Fsp3) is 0.212. The summed E-state index contributed by atoms with van der Waals surface area (Å²) in [5.41, 5.74) is 2.29. The monoisotopic (exact) mass is 664 g/mol. The summed E-state index contributed by atoms with van der Waals surface area (Å²) in [5.74, 6) is -2.82. The second-order valence-electron chi connectivity index (χ2n) is 10.3. The molecule has 12 heteroatoms. The van der Waals surface area contributed by atoms with Crippen LogP contribution in [0.4, 0.5) is 26.3 Å². The van der Waals surface area contributed by atoms with Crippen molar-refractivity contribution in [2.24, 2.45) is 0 Å². The van der Waals surface area contributed by atoms with Gasteiger partial charge in [0.1, 0.15) is 11.3 Å². The van der Waals surface area contributed by atoms with Crippen LogP contribution in [0.2, 0.25) is 10.0 Å². The smallest absolute Gasteiger partial charge is 0.417 e. The van der Waals surface area contributed by atoms with E-state index in [-0.39, 0.29) is 17.8 Å². The molecule has 5 aromatic rings. The molecule has 1 heterocycles. The Labute approximate surface area is 264 Å². The molecule has 0 spiro atoms. The van der Waals surface area contributed by atoms with Gasteiger partial charge >= 0.3 is 18.3 Å². The van der Waals surface area contributed by atoms with Gasteiger partial charge in [-0.1, -0.05) is 66.5 Å². The van der Waals surface area contributed by atoms with Gasteiger partial charge in [0.05, 0.1) is 11.1 Å². The van der Waals surface area contributed by atoms with Crippen LogP contribution in [-0.4, -0.2) is 21.7 Å². The summed E-state index contributed by atoms with van der Waals surface area (Å²) < 4.78 is 86.0. The lowest BCUT2D eigenvalue weighted by molar-refractivity contribution is -0.189. The minimum atomic E-state index is -5.26. The van der Waals surface area contributed by atoms with Crippen molar-refractivity contribution in [2.45, 2.75) is 44.6 Å². The van der Waals surface area contributed by atoms with Crippen LogP contribution in [0, 0.1) is 0 Å². The molecule has 0 amide bonds. The largest absolute Gasteiger partial charge is 0.491 e. The Morgan fingerprint density at radius 3 is 1.87 bits per heavy atom. The lowest BCUT2D eigenvalue weighted by Gasteiger charge is -2.21. The van der Waals surface area contributed by atoms with Gasteiger partial charge < -0.3 is 9.30 Å². The topological polar surface area (TPSA) is 44.1 Å². The van der Waals surface area contributed by atoms with E-state index in [1.165, 1.54) is 18.2 Å². The number of carbonyl (C=O) groups excluding carboxylic acids is 1. The van der Waals surface area contributed by atoms with Crippen molar-refractivity contribution in [3.8, 4) is 5.75 Å². The van der Waals surface area contributed by atoms with E-state index in [1.807, 2.05) is 6.92 Å². The van der Waals surface area contributed by atoms with Gasteiger partial charge in [0, 0.05) is 28.9 Å². The number of fused-ring (bicyclic) bond motifs is 1. The first-order valence-corrected chi connectivity index (χ1v) is 14.5. The molecule has 0 aliphatic carbocycles. The van der Waals surface area contributed by atoms with Crippen molar-refractivity contribution in [3.63, 3.8) is 0 Å². The highest BCUT2D eigenvalue weighted by atomic mass is 35.5. The Morgan fingerprint density at radius 2 is 1.38 bits per heavy atom. The zero-order valence-corrected chi connectivity index (χ0v) is 25.0. The van der Waals surface area contributed by atoms with E-state index in [0.29, 0.717) is 45.4 Å². The summed E-state index contributed by atoms with van der Waals surface area (Å²) >= 11 is 12.3. The van der Waals surface area contributed by atoms with Gasteiger partial charge in [-0.05, 0) is 77.2 Å². The van der Waals surface area contributed by atoms with Gasteiger partial charge in [0.15, 0.2) is 5.75 Å². The number of hydrogen-bond donors (Lipinski definition) is 0. The molecule has 45 heavy (non-hydrogen) atoms. The standard InChI is InChI=1S/C33H24Cl2F6N2O2/c1-2-28-42-30-26(43(28)16-15-19-3-9-23(10-4-19)32(36,37)38)17-22(18-27(30)45-31(44)33(39,40)41)29(20-5-11-24(34)12-6-20)21-7-13-25(35)14-8-21/h3-14,17-18,29H,2,15-16H2,1H3. The molecule has 4 nitrogen and oxygen atoms in total. The van der Waals surface area contributed by atoms with Crippen molar-refractivity contribution in [1.82, 2.24) is 9.55 Å². The highest BCUT2D eigenvalue weighted by molar-refractivity contribution is 6.30. The van der Waals surface area contributed by atoms with Crippen LogP contribution in [0.1, 0.15) is 46.5 Å². The van der Waals surface area contributed by atoms with E-state index in [1.54, 1.807) is 59.2 Å². The molecule has 5 rings (SSSR count). The van der Waals surface area contributed by atoms with E-state index >= 15 is 0 Å². The Hall–Kier alpha value is -4.02. The number of alkyl halides is 6. The van der Waals surface area contributed by atoms with Crippen LogP contribution >= 0.6 is 23.2 Å². The molecule has 0 bridgehead atoms. The molecule has 0 saturated carbocycles. The van der Waals surface area contributed by atoms with Gasteiger partial charge in [-0.25, -0.2) is 9.78 Å². The molecule has 0 unspecified atom stereocenters. The molecule has 0 aliphatic heterocycles. The Kier molecular flexibility index (Phi) is 9.19. The first kappa shape index (κ1) is 32.4. The third kappa shape index (κ3) is 7.28. The molecule has 0 fully saturated rings.